The average molecular weight is 260 g/mol. The molecular formula is C12H24N2O2S. The van der Waals surface area contributed by atoms with Crippen LogP contribution in [0.2, 0.25) is 0 Å². The summed E-state index contributed by atoms with van der Waals surface area (Å²) in [5, 5.41) is 9.35. The van der Waals surface area contributed by atoms with E-state index in [2.05, 4.69) is 0 Å². The summed E-state index contributed by atoms with van der Waals surface area (Å²) in [4.78, 5) is 14.0. The van der Waals surface area contributed by atoms with Crippen molar-refractivity contribution in [3.05, 3.63) is 0 Å². The Hall–Kier alpha value is -0.260. The SMILES string of the molecule is CSCC[C@H](N)C(=O)N1CCCCCC1CO. The van der Waals surface area contributed by atoms with Crippen LogP contribution in [0, 0.1) is 0 Å². The van der Waals surface area contributed by atoms with Gasteiger partial charge in [0.2, 0.25) is 5.91 Å². The van der Waals surface area contributed by atoms with Crippen LogP contribution in [-0.4, -0.2) is 53.2 Å². The molecule has 1 rings (SSSR count). The molecule has 2 atom stereocenters. The Morgan fingerprint density at radius 3 is 2.94 bits per heavy atom. The molecule has 1 fully saturated rings. The molecule has 1 aliphatic rings. The molecule has 3 N–H and O–H groups in total. The van der Waals surface area contributed by atoms with Gasteiger partial charge in [-0.1, -0.05) is 12.8 Å². The third kappa shape index (κ3) is 4.48. The summed E-state index contributed by atoms with van der Waals surface area (Å²) in [5.41, 5.74) is 5.92. The fourth-order valence-corrected chi connectivity index (χ4v) is 2.73. The van der Waals surface area contributed by atoms with Crippen LogP contribution in [0.5, 0.6) is 0 Å². The number of nitrogens with two attached hydrogens (primary N) is 1. The van der Waals surface area contributed by atoms with Crippen molar-refractivity contribution in [1.29, 1.82) is 0 Å². The van der Waals surface area contributed by atoms with Gasteiger partial charge < -0.3 is 15.7 Å². The number of rotatable bonds is 5. The van der Waals surface area contributed by atoms with Gasteiger partial charge in [-0.3, -0.25) is 4.79 Å². The molecule has 0 aromatic carbocycles. The summed E-state index contributed by atoms with van der Waals surface area (Å²) >= 11 is 1.70. The van der Waals surface area contributed by atoms with Crippen LogP contribution in [0.3, 0.4) is 0 Å². The first kappa shape index (κ1) is 14.8. The third-order valence-electron chi connectivity index (χ3n) is 3.32. The van der Waals surface area contributed by atoms with E-state index in [9.17, 15) is 9.90 Å². The van der Waals surface area contributed by atoms with Crippen molar-refractivity contribution >= 4 is 17.7 Å². The van der Waals surface area contributed by atoms with Crippen LogP contribution >= 0.6 is 11.8 Å². The van der Waals surface area contributed by atoms with Gasteiger partial charge in [0.05, 0.1) is 18.7 Å². The summed E-state index contributed by atoms with van der Waals surface area (Å²) < 4.78 is 0. The van der Waals surface area contributed by atoms with Crippen molar-refractivity contribution in [2.75, 3.05) is 25.2 Å². The maximum Gasteiger partial charge on any atom is 0.239 e. The van der Waals surface area contributed by atoms with Crippen LogP contribution in [0.25, 0.3) is 0 Å². The molecule has 5 heteroatoms. The second kappa shape index (κ2) is 7.95. The summed E-state index contributed by atoms with van der Waals surface area (Å²) in [7, 11) is 0. The Labute approximate surface area is 108 Å². The number of nitrogens with zero attached hydrogens (tertiary/aromatic N) is 1. The molecule has 0 aromatic rings. The van der Waals surface area contributed by atoms with Gasteiger partial charge in [0, 0.05) is 6.54 Å². The highest BCUT2D eigenvalue weighted by atomic mass is 32.2. The van der Waals surface area contributed by atoms with Crippen LogP contribution in [0.15, 0.2) is 0 Å². The largest absolute Gasteiger partial charge is 0.394 e. The van der Waals surface area contributed by atoms with Crippen molar-refractivity contribution in [2.45, 2.75) is 44.2 Å². The van der Waals surface area contributed by atoms with Crippen molar-refractivity contribution in [1.82, 2.24) is 4.90 Å². The van der Waals surface area contributed by atoms with Crippen LogP contribution < -0.4 is 5.73 Å². The second-order valence-corrected chi connectivity index (χ2v) is 5.59. The summed E-state index contributed by atoms with van der Waals surface area (Å²) in [5.74, 6) is 0.921. The molecule has 0 spiro atoms. The number of aliphatic hydroxyl groups is 1. The molecule has 17 heavy (non-hydrogen) atoms. The number of likely N-dealkylation sites (tertiary alicyclic amines) is 1. The van der Waals surface area contributed by atoms with E-state index < -0.39 is 6.04 Å². The van der Waals surface area contributed by atoms with Crippen molar-refractivity contribution in [3.63, 3.8) is 0 Å². The molecule has 1 saturated heterocycles. The van der Waals surface area contributed by atoms with E-state index in [4.69, 9.17) is 5.73 Å². The molecule has 0 radical (unpaired) electrons. The first-order valence-corrected chi connectivity index (χ1v) is 7.76. The van der Waals surface area contributed by atoms with Crippen LogP contribution in [0.1, 0.15) is 32.1 Å². The molecule has 1 aliphatic heterocycles. The van der Waals surface area contributed by atoms with E-state index in [1.807, 2.05) is 6.26 Å². The monoisotopic (exact) mass is 260 g/mol. The minimum absolute atomic E-state index is 0.0139. The molecule has 0 saturated carbocycles. The van der Waals surface area contributed by atoms with Crippen molar-refractivity contribution in [3.8, 4) is 0 Å². The van der Waals surface area contributed by atoms with E-state index in [-0.39, 0.29) is 18.6 Å². The van der Waals surface area contributed by atoms with Gasteiger partial charge in [-0.2, -0.15) is 11.8 Å². The highest BCUT2D eigenvalue weighted by Gasteiger charge is 2.27. The predicted molar refractivity (Wildman–Crippen MR) is 72.0 cm³/mol. The van der Waals surface area contributed by atoms with Gasteiger partial charge in [-0.15, -0.1) is 0 Å². The zero-order chi connectivity index (χ0) is 12.7. The Morgan fingerprint density at radius 2 is 2.29 bits per heavy atom. The Balaban J connectivity index is 2.56. The maximum absolute atomic E-state index is 12.2. The lowest BCUT2D eigenvalue weighted by molar-refractivity contribution is -0.135. The average Bonchev–Trinajstić information content (AvgIpc) is 2.59. The number of hydrogen-bond donors (Lipinski definition) is 2. The quantitative estimate of drug-likeness (QED) is 0.768. The second-order valence-electron chi connectivity index (χ2n) is 4.61. The minimum atomic E-state index is -0.408. The summed E-state index contributed by atoms with van der Waals surface area (Å²) in [6.07, 6.45) is 6.89. The van der Waals surface area contributed by atoms with Gasteiger partial charge in [-0.25, -0.2) is 0 Å². The maximum atomic E-state index is 12.2. The zero-order valence-corrected chi connectivity index (χ0v) is 11.4. The Morgan fingerprint density at radius 1 is 1.53 bits per heavy atom. The van der Waals surface area contributed by atoms with E-state index >= 15 is 0 Å². The van der Waals surface area contributed by atoms with Gasteiger partial charge in [0.25, 0.3) is 0 Å². The molecule has 1 amide bonds. The number of carbonyl (C=O) groups is 1. The Kier molecular flexibility index (Phi) is 6.92. The molecule has 0 aromatic heterocycles. The standard InChI is InChI=1S/C12H24N2O2S/c1-17-8-6-11(13)12(16)14-7-4-2-3-5-10(14)9-15/h10-11,15H,2-9,13H2,1H3/t10?,11-/m0/s1. The van der Waals surface area contributed by atoms with Crippen LogP contribution in [-0.2, 0) is 4.79 Å². The first-order chi connectivity index (χ1) is 8.20. The zero-order valence-electron chi connectivity index (χ0n) is 10.6. The van der Waals surface area contributed by atoms with E-state index in [1.165, 1.54) is 0 Å². The fraction of sp³-hybridized carbons (Fsp3) is 0.917. The molecule has 0 bridgehead atoms. The molecule has 1 heterocycles. The number of hydrogen-bond acceptors (Lipinski definition) is 4. The van der Waals surface area contributed by atoms with Crippen molar-refractivity contribution < 1.29 is 9.90 Å². The lowest BCUT2D eigenvalue weighted by Crippen LogP contribution is -2.49. The molecule has 1 unspecified atom stereocenters. The number of amides is 1. The first-order valence-electron chi connectivity index (χ1n) is 6.36. The lowest BCUT2D eigenvalue weighted by Gasteiger charge is -2.30. The lowest BCUT2D eigenvalue weighted by atomic mass is 10.1. The minimum Gasteiger partial charge on any atom is -0.394 e. The number of carbonyl (C=O) groups excluding carboxylic acids is 1. The van der Waals surface area contributed by atoms with Crippen molar-refractivity contribution in [2.24, 2.45) is 5.73 Å². The highest BCUT2D eigenvalue weighted by Crippen LogP contribution is 2.17. The Bertz CT molecular complexity index is 239. The number of thioether (sulfide) groups is 1. The van der Waals surface area contributed by atoms with E-state index in [1.54, 1.807) is 16.7 Å². The topological polar surface area (TPSA) is 66.6 Å². The molecule has 0 aliphatic carbocycles. The molecule has 4 nitrogen and oxygen atoms in total. The van der Waals surface area contributed by atoms with Gasteiger partial charge in [0.1, 0.15) is 0 Å². The van der Waals surface area contributed by atoms with E-state index in [0.717, 1.165) is 38.0 Å². The predicted octanol–water partition coefficient (Wildman–Crippen LogP) is 0.830. The smallest absolute Gasteiger partial charge is 0.239 e. The number of aliphatic hydroxyl groups excluding tert-OH is 1. The normalized spacial score (nSPS) is 23.2. The van der Waals surface area contributed by atoms with Gasteiger partial charge in [-0.05, 0) is 31.3 Å². The fourth-order valence-electron chi connectivity index (χ4n) is 2.24. The molecule has 100 valence electrons. The highest BCUT2D eigenvalue weighted by molar-refractivity contribution is 7.98. The van der Waals surface area contributed by atoms with Crippen LogP contribution in [0.4, 0.5) is 0 Å². The summed E-state index contributed by atoms with van der Waals surface area (Å²) in [6.45, 7) is 0.804. The van der Waals surface area contributed by atoms with E-state index in [0.29, 0.717) is 6.42 Å². The molecular weight excluding hydrogens is 236 g/mol. The summed E-state index contributed by atoms with van der Waals surface area (Å²) in [6, 6.07) is -0.431. The van der Waals surface area contributed by atoms with Gasteiger partial charge >= 0.3 is 0 Å². The van der Waals surface area contributed by atoms with Gasteiger partial charge in [0.15, 0.2) is 0 Å². The third-order valence-corrected chi connectivity index (χ3v) is 3.97.